The van der Waals surface area contributed by atoms with Gasteiger partial charge < -0.3 is 14.8 Å². The van der Waals surface area contributed by atoms with Gasteiger partial charge in [0, 0.05) is 5.56 Å². The van der Waals surface area contributed by atoms with E-state index in [9.17, 15) is 4.79 Å². The molecular formula is C25H24N2O4. The van der Waals surface area contributed by atoms with Crippen molar-refractivity contribution in [1.82, 2.24) is 10.8 Å². The summed E-state index contributed by atoms with van der Waals surface area (Å²) in [7, 11) is 0. The number of fused-ring (bicyclic) bond motifs is 1. The smallest absolute Gasteiger partial charge is 0.249 e. The summed E-state index contributed by atoms with van der Waals surface area (Å²) in [6, 6.07) is 24.9. The zero-order valence-electron chi connectivity index (χ0n) is 17.0. The molecule has 0 aromatic heterocycles. The van der Waals surface area contributed by atoms with E-state index in [-0.39, 0.29) is 18.6 Å². The molecule has 0 fully saturated rings. The minimum absolute atomic E-state index is 0.167. The van der Waals surface area contributed by atoms with Crippen LogP contribution in [0.5, 0.6) is 11.5 Å². The van der Waals surface area contributed by atoms with Crippen LogP contribution in [0.15, 0.2) is 85.4 Å². The van der Waals surface area contributed by atoms with Crippen LogP contribution in [-0.4, -0.2) is 25.7 Å². The zero-order valence-corrected chi connectivity index (χ0v) is 17.0. The third kappa shape index (κ3) is 5.24. The molecule has 1 aliphatic heterocycles. The Labute approximate surface area is 181 Å². The fourth-order valence-electron chi connectivity index (χ4n) is 3.33. The molecule has 0 atom stereocenters. The van der Waals surface area contributed by atoms with Gasteiger partial charge in [0.2, 0.25) is 5.91 Å². The van der Waals surface area contributed by atoms with E-state index in [0.717, 1.165) is 16.7 Å². The van der Waals surface area contributed by atoms with E-state index in [1.54, 1.807) is 0 Å². The molecule has 1 amide bonds. The van der Waals surface area contributed by atoms with Crippen LogP contribution in [-0.2, 0) is 9.63 Å². The molecule has 3 aromatic rings. The van der Waals surface area contributed by atoms with Gasteiger partial charge in [-0.15, -0.1) is 0 Å². The first-order valence-corrected chi connectivity index (χ1v) is 10.1. The Kier molecular flexibility index (Phi) is 6.50. The summed E-state index contributed by atoms with van der Waals surface area (Å²) in [4.78, 5) is 18.0. The Morgan fingerprint density at radius 2 is 1.52 bits per heavy atom. The second-order valence-electron chi connectivity index (χ2n) is 7.05. The standard InChI is InChI=1S/C25H24N2O4/c1-18(21-12-13-22-23(16-21)30-15-14-29-22)27-31-17-24(28)26-25(19-8-4-2-5-9-19)20-10-6-3-7-11-20/h2-13,16,25,27H,1,14-15,17H2,(H,26,28). The van der Waals surface area contributed by atoms with Gasteiger partial charge in [0.1, 0.15) is 13.2 Å². The van der Waals surface area contributed by atoms with Gasteiger partial charge in [-0.25, -0.2) is 0 Å². The van der Waals surface area contributed by atoms with Gasteiger partial charge in [-0.3, -0.25) is 15.1 Å². The number of rotatable bonds is 8. The van der Waals surface area contributed by atoms with E-state index in [0.29, 0.717) is 30.4 Å². The molecule has 3 aromatic carbocycles. The molecule has 0 unspecified atom stereocenters. The first-order chi connectivity index (χ1) is 15.2. The van der Waals surface area contributed by atoms with Crippen molar-refractivity contribution in [3.63, 3.8) is 0 Å². The summed E-state index contributed by atoms with van der Waals surface area (Å²) in [5.41, 5.74) is 6.04. The summed E-state index contributed by atoms with van der Waals surface area (Å²) in [5.74, 6) is 1.12. The van der Waals surface area contributed by atoms with Gasteiger partial charge >= 0.3 is 0 Å². The van der Waals surface area contributed by atoms with Crippen molar-refractivity contribution in [2.45, 2.75) is 6.04 Å². The molecule has 0 bridgehead atoms. The quantitative estimate of drug-likeness (QED) is 0.546. The van der Waals surface area contributed by atoms with Crippen LogP contribution in [0.1, 0.15) is 22.7 Å². The lowest BCUT2D eigenvalue weighted by molar-refractivity contribution is -0.127. The van der Waals surface area contributed by atoms with Crippen molar-refractivity contribution in [3.05, 3.63) is 102 Å². The van der Waals surface area contributed by atoms with Crippen molar-refractivity contribution in [3.8, 4) is 11.5 Å². The van der Waals surface area contributed by atoms with Gasteiger partial charge in [0.25, 0.3) is 0 Å². The van der Waals surface area contributed by atoms with Crippen molar-refractivity contribution in [2.75, 3.05) is 19.8 Å². The number of benzene rings is 3. The topological polar surface area (TPSA) is 68.8 Å². The number of hydrogen-bond donors (Lipinski definition) is 2. The maximum atomic E-state index is 12.6. The van der Waals surface area contributed by atoms with Gasteiger partial charge in [-0.2, -0.15) is 0 Å². The number of amides is 1. The molecule has 0 radical (unpaired) electrons. The fourth-order valence-corrected chi connectivity index (χ4v) is 3.33. The zero-order chi connectivity index (χ0) is 21.5. The molecule has 1 aliphatic rings. The lowest BCUT2D eigenvalue weighted by Crippen LogP contribution is -2.34. The minimum atomic E-state index is -0.264. The Morgan fingerprint density at radius 3 is 2.16 bits per heavy atom. The Bertz CT molecular complexity index is 998. The van der Waals surface area contributed by atoms with Gasteiger partial charge in [0.15, 0.2) is 18.1 Å². The van der Waals surface area contributed by atoms with E-state index in [1.165, 1.54) is 0 Å². The van der Waals surface area contributed by atoms with Gasteiger partial charge in [-0.05, 0) is 29.3 Å². The third-order valence-corrected chi connectivity index (χ3v) is 4.86. The average molecular weight is 416 g/mol. The first-order valence-electron chi connectivity index (χ1n) is 10.1. The van der Waals surface area contributed by atoms with Crippen molar-refractivity contribution >= 4 is 11.6 Å². The predicted molar refractivity (Wildman–Crippen MR) is 118 cm³/mol. The number of ether oxygens (including phenoxy) is 2. The number of carbonyl (C=O) groups excluding carboxylic acids is 1. The number of hydroxylamine groups is 1. The van der Waals surface area contributed by atoms with Crippen LogP contribution in [0.4, 0.5) is 0 Å². The maximum absolute atomic E-state index is 12.6. The third-order valence-electron chi connectivity index (χ3n) is 4.86. The SMILES string of the molecule is C=C(NOCC(=O)NC(c1ccccc1)c1ccccc1)c1ccc2c(c1)OCCO2. The summed E-state index contributed by atoms with van der Waals surface area (Å²) in [6.45, 7) is 4.85. The Balaban J connectivity index is 1.34. The summed E-state index contributed by atoms with van der Waals surface area (Å²) >= 11 is 0. The van der Waals surface area contributed by atoms with E-state index < -0.39 is 0 Å². The van der Waals surface area contributed by atoms with Crippen LogP contribution < -0.4 is 20.3 Å². The van der Waals surface area contributed by atoms with E-state index in [1.807, 2.05) is 78.9 Å². The molecule has 31 heavy (non-hydrogen) atoms. The molecule has 6 nitrogen and oxygen atoms in total. The largest absolute Gasteiger partial charge is 0.486 e. The fraction of sp³-hybridized carbons (Fsp3) is 0.160. The minimum Gasteiger partial charge on any atom is -0.486 e. The van der Waals surface area contributed by atoms with Gasteiger partial charge in [-0.1, -0.05) is 67.2 Å². The molecule has 1 heterocycles. The van der Waals surface area contributed by atoms with Crippen molar-refractivity contribution in [2.24, 2.45) is 0 Å². The predicted octanol–water partition coefficient (Wildman–Crippen LogP) is 3.86. The summed E-state index contributed by atoms with van der Waals surface area (Å²) < 4.78 is 11.1. The van der Waals surface area contributed by atoms with Crippen LogP contribution in [0.2, 0.25) is 0 Å². The number of carbonyl (C=O) groups is 1. The van der Waals surface area contributed by atoms with Crippen molar-refractivity contribution in [1.29, 1.82) is 0 Å². The second-order valence-corrected chi connectivity index (χ2v) is 7.05. The summed E-state index contributed by atoms with van der Waals surface area (Å²) in [6.07, 6.45) is 0. The van der Waals surface area contributed by atoms with Crippen LogP contribution >= 0.6 is 0 Å². The molecule has 158 valence electrons. The van der Waals surface area contributed by atoms with E-state index in [2.05, 4.69) is 17.4 Å². The van der Waals surface area contributed by atoms with Crippen LogP contribution in [0, 0.1) is 0 Å². The first kappa shape index (κ1) is 20.5. The molecule has 0 spiro atoms. The van der Waals surface area contributed by atoms with Crippen LogP contribution in [0.25, 0.3) is 5.70 Å². The molecular weight excluding hydrogens is 392 g/mol. The summed E-state index contributed by atoms with van der Waals surface area (Å²) in [5, 5.41) is 3.03. The molecule has 0 saturated carbocycles. The molecule has 2 N–H and O–H groups in total. The van der Waals surface area contributed by atoms with Crippen LogP contribution in [0.3, 0.4) is 0 Å². The van der Waals surface area contributed by atoms with Gasteiger partial charge in [0.05, 0.1) is 11.7 Å². The Hall–Kier alpha value is -3.77. The molecule has 4 rings (SSSR count). The Morgan fingerprint density at radius 1 is 0.903 bits per heavy atom. The molecule has 0 aliphatic carbocycles. The maximum Gasteiger partial charge on any atom is 0.249 e. The lowest BCUT2D eigenvalue weighted by Gasteiger charge is -2.20. The highest BCUT2D eigenvalue weighted by molar-refractivity contribution is 5.78. The average Bonchev–Trinajstić information content (AvgIpc) is 2.83. The second kappa shape index (κ2) is 9.82. The highest BCUT2D eigenvalue weighted by Crippen LogP contribution is 2.32. The monoisotopic (exact) mass is 416 g/mol. The molecule has 0 saturated heterocycles. The van der Waals surface area contributed by atoms with E-state index >= 15 is 0 Å². The lowest BCUT2D eigenvalue weighted by atomic mass is 9.99. The van der Waals surface area contributed by atoms with Crippen molar-refractivity contribution < 1.29 is 19.1 Å². The molecule has 6 heteroatoms. The number of nitrogens with one attached hydrogen (secondary N) is 2. The number of hydrogen-bond acceptors (Lipinski definition) is 5. The van der Waals surface area contributed by atoms with E-state index in [4.69, 9.17) is 14.3 Å². The normalized spacial score (nSPS) is 12.3. The highest BCUT2D eigenvalue weighted by atomic mass is 16.6. The highest BCUT2D eigenvalue weighted by Gasteiger charge is 2.17.